The van der Waals surface area contributed by atoms with E-state index in [4.69, 9.17) is 11.6 Å². The Bertz CT molecular complexity index is 578. The van der Waals surface area contributed by atoms with Crippen molar-refractivity contribution in [3.63, 3.8) is 0 Å². The lowest BCUT2D eigenvalue weighted by molar-refractivity contribution is -0.384. The number of nitro benzene ring substituents is 1. The van der Waals surface area contributed by atoms with Gasteiger partial charge in [-0.2, -0.15) is 0 Å². The lowest BCUT2D eigenvalue weighted by Crippen LogP contribution is -2.54. The van der Waals surface area contributed by atoms with Gasteiger partial charge in [-0.15, -0.1) is 0 Å². The predicted octanol–water partition coefficient (Wildman–Crippen LogP) is 3.08. The summed E-state index contributed by atoms with van der Waals surface area (Å²) in [6.45, 7) is 2.77. The number of benzene rings is 1. The summed E-state index contributed by atoms with van der Waals surface area (Å²) < 4.78 is 0. The number of likely N-dealkylation sites (tertiary alicyclic amines) is 1. The lowest BCUT2D eigenvalue weighted by Gasteiger charge is -2.41. The molecule has 0 aromatic heterocycles. The molecule has 1 aliphatic heterocycles. The fourth-order valence-corrected chi connectivity index (χ4v) is 2.89. The van der Waals surface area contributed by atoms with Crippen molar-refractivity contribution >= 4 is 23.3 Å². The Morgan fingerprint density at radius 1 is 1.52 bits per heavy atom. The van der Waals surface area contributed by atoms with Crippen LogP contribution in [0.15, 0.2) is 18.2 Å². The highest BCUT2D eigenvalue weighted by Gasteiger charge is 2.41. The summed E-state index contributed by atoms with van der Waals surface area (Å²) >= 11 is 6.09. The molecule has 1 fully saturated rings. The first-order valence-corrected chi connectivity index (χ1v) is 7.13. The number of aliphatic carboxylic acids is 1. The van der Waals surface area contributed by atoms with E-state index in [1.807, 2.05) is 4.90 Å². The first-order chi connectivity index (χ1) is 9.84. The van der Waals surface area contributed by atoms with Crippen LogP contribution in [-0.2, 0) is 11.3 Å². The Balaban J connectivity index is 2.24. The zero-order valence-electron chi connectivity index (χ0n) is 11.7. The third-order valence-electron chi connectivity index (χ3n) is 4.11. The first kappa shape index (κ1) is 15.7. The van der Waals surface area contributed by atoms with Gasteiger partial charge in [0.25, 0.3) is 5.69 Å². The zero-order chi connectivity index (χ0) is 15.6. The third kappa shape index (κ3) is 3.16. The molecule has 21 heavy (non-hydrogen) atoms. The Labute approximate surface area is 127 Å². The van der Waals surface area contributed by atoms with Gasteiger partial charge < -0.3 is 5.11 Å². The van der Waals surface area contributed by atoms with Gasteiger partial charge >= 0.3 is 5.97 Å². The summed E-state index contributed by atoms with van der Waals surface area (Å²) in [5, 5.41) is 20.5. The second-order valence-corrected chi connectivity index (χ2v) is 5.90. The van der Waals surface area contributed by atoms with Crippen LogP contribution in [0.2, 0.25) is 5.02 Å². The fraction of sp³-hybridized carbons (Fsp3) is 0.500. The van der Waals surface area contributed by atoms with Crippen LogP contribution in [0.4, 0.5) is 5.69 Å². The Morgan fingerprint density at radius 2 is 2.24 bits per heavy atom. The molecular formula is C14H17ClN2O4. The van der Waals surface area contributed by atoms with Crippen LogP contribution in [0.1, 0.15) is 31.7 Å². The molecule has 1 aromatic carbocycles. The van der Waals surface area contributed by atoms with Crippen LogP contribution in [-0.4, -0.2) is 33.0 Å². The maximum atomic E-state index is 11.5. The third-order valence-corrected chi connectivity index (χ3v) is 4.46. The Morgan fingerprint density at radius 3 is 2.81 bits per heavy atom. The summed E-state index contributed by atoms with van der Waals surface area (Å²) in [5.74, 6) is -0.847. The van der Waals surface area contributed by atoms with Gasteiger partial charge in [-0.1, -0.05) is 11.6 Å². The van der Waals surface area contributed by atoms with E-state index in [1.54, 1.807) is 13.0 Å². The van der Waals surface area contributed by atoms with E-state index in [-0.39, 0.29) is 5.69 Å². The molecule has 0 saturated carbocycles. The van der Waals surface area contributed by atoms with E-state index >= 15 is 0 Å². The highest BCUT2D eigenvalue weighted by molar-refractivity contribution is 6.31. The molecule has 0 radical (unpaired) electrons. The number of rotatable bonds is 4. The molecule has 1 aromatic rings. The maximum absolute atomic E-state index is 11.5. The summed E-state index contributed by atoms with van der Waals surface area (Å²) in [6, 6.07) is 4.29. The average Bonchev–Trinajstić information content (AvgIpc) is 2.43. The van der Waals surface area contributed by atoms with Gasteiger partial charge in [0.15, 0.2) is 0 Å². The van der Waals surface area contributed by atoms with Crippen molar-refractivity contribution in [2.75, 3.05) is 6.54 Å². The molecule has 2 rings (SSSR count). The van der Waals surface area contributed by atoms with E-state index in [0.29, 0.717) is 30.1 Å². The molecule has 1 heterocycles. The second-order valence-electron chi connectivity index (χ2n) is 5.49. The van der Waals surface area contributed by atoms with Gasteiger partial charge in [-0.3, -0.25) is 19.8 Å². The number of nitrogens with zero attached hydrogens (tertiary/aromatic N) is 2. The van der Waals surface area contributed by atoms with Gasteiger partial charge in [0, 0.05) is 18.7 Å². The molecule has 1 unspecified atom stereocenters. The minimum Gasteiger partial charge on any atom is -0.480 e. The number of nitro groups is 1. The van der Waals surface area contributed by atoms with E-state index in [0.717, 1.165) is 12.8 Å². The summed E-state index contributed by atoms with van der Waals surface area (Å²) in [6.07, 6.45) is 2.41. The molecule has 1 atom stereocenters. The van der Waals surface area contributed by atoms with Crippen molar-refractivity contribution in [3.8, 4) is 0 Å². The molecule has 6 nitrogen and oxygen atoms in total. The van der Waals surface area contributed by atoms with E-state index in [9.17, 15) is 20.0 Å². The molecule has 0 aliphatic carbocycles. The standard InChI is InChI=1S/C14H17ClN2O4/c1-14(13(18)19)6-2-3-7-16(14)9-10-4-5-11(17(20)21)8-12(10)15/h4-5,8H,2-3,6-7,9H2,1H3,(H,18,19). The molecule has 0 spiro atoms. The molecule has 0 bridgehead atoms. The molecule has 1 aliphatic rings. The quantitative estimate of drug-likeness (QED) is 0.682. The van der Waals surface area contributed by atoms with Gasteiger partial charge in [0.05, 0.1) is 9.95 Å². The van der Waals surface area contributed by atoms with Gasteiger partial charge in [0.2, 0.25) is 0 Å². The predicted molar refractivity (Wildman–Crippen MR) is 78.4 cm³/mol. The molecule has 7 heteroatoms. The van der Waals surface area contributed by atoms with Gasteiger partial charge in [-0.25, -0.2) is 0 Å². The molecule has 0 amide bonds. The Kier molecular flexibility index (Phi) is 4.49. The topological polar surface area (TPSA) is 83.7 Å². The molecule has 1 N–H and O–H groups in total. The maximum Gasteiger partial charge on any atom is 0.323 e. The smallest absolute Gasteiger partial charge is 0.323 e. The van der Waals surface area contributed by atoms with E-state index in [1.165, 1.54) is 12.1 Å². The summed E-state index contributed by atoms with van der Waals surface area (Å²) in [4.78, 5) is 23.6. The normalized spacial score (nSPS) is 23.0. The van der Waals surface area contributed by atoms with Crippen LogP contribution in [0.3, 0.4) is 0 Å². The molecular weight excluding hydrogens is 296 g/mol. The number of hydrogen-bond donors (Lipinski definition) is 1. The number of halogens is 1. The van der Waals surface area contributed by atoms with Crippen LogP contribution in [0.5, 0.6) is 0 Å². The van der Waals surface area contributed by atoms with Crippen LogP contribution >= 0.6 is 11.6 Å². The summed E-state index contributed by atoms with van der Waals surface area (Å²) in [7, 11) is 0. The fourth-order valence-electron chi connectivity index (χ4n) is 2.66. The SMILES string of the molecule is CC1(C(=O)O)CCCCN1Cc1ccc([N+](=O)[O-])cc1Cl. The number of carbonyl (C=O) groups is 1. The minimum atomic E-state index is -0.913. The molecule has 114 valence electrons. The number of hydrogen-bond acceptors (Lipinski definition) is 4. The largest absolute Gasteiger partial charge is 0.480 e. The number of carboxylic acid groups (broad SMARTS) is 1. The van der Waals surface area contributed by atoms with Crippen molar-refractivity contribution in [1.29, 1.82) is 0 Å². The zero-order valence-corrected chi connectivity index (χ0v) is 12.5. The van der Waals surface area contributed by atoms with E-state index in [2.05, 4.69) is 0 Å². The summed E-state index contributed by atoms with van der Waals surface area (Å²) in [5.41, 5.74) is -0.274. The van der Waals surface area contributed by atoms with Crippen LogP contribution in [0.25, 0.3) is 0 Å². The van der Waals surface area contributed by atoms with Gasteiger partial charge in [0.1, 0.15) is 5.54 Å². The van der Waals surface area contributed by atoms with Crippen molar-refractivity contribution in [1.82, 2.24) is 4.90 Å². The highest BCUT2D eigenvalue weighted by Crippen LogP contribution is 2.32. The number of piperidine rings is 1. The van der Waals surface area contributed by atoms with Crippen LogP contribution < -0.4 is 0 Å². The number of non-ortho nitro benzene ring substituents is 1. The number of carboxylic acids is 1. The highest BCUT2D eigenvalue weighted by atomic mass is 35.5. The van der Waals surface area contributed by atoms with E-state index < -0.39 is 16.4 Å². The monoisotopic (exact) mass is 312 g/mol. The average molecular weight is 313 g/mol. The van der Waals surface area contributed by atoms with Crippen molar-refractivity contribution in [2.45, 2.75) is 38.3 Å². The van der Waals surface area contributed by atoms with Crippen molar-refractivity contribution in [3.05, 3.63) is 38.9 Å². The van der Waals surface area contributed by atoms with Gasteiger partial charge in [-0.05, 0) is 44.4 Å². The minimum absolute atomic E-state index is 0.0663. The van der Waals surface area contributed by atoms with Crippen molar-refractivity contribution < 1.29 is 14.8 Å². The van der Waals surface area contributed by atoms with Crippen LogP contribution in [0, 0.1) is 10.1 Å². The first-order valence-electron chi connectivity index (χ1n) is 6.76. The van der Waals surface area contributed by atoms with Crippen molar-refractivity contribution in [2.24, 2.45) is 0 Å². The Hall–Kier alpha value is -1.66. The lowest BCUT2D eigenvalue weighted by atomic mass is 9.88. The second kappa shape index (κ2) is 5.99. The molecule has 1 saturated heterocycles.